The second-order valence-corrected chi connectivity index (χ2v) is 6.68. The highest BCUT2D eigenvalue weighted by molar-refractivity contribution is 5.91. The lowest BCUT2D eigenvalue weighted by molar-refractivity contribution is -0.111. The molecule has 0 radical (unpaired) electrons. The molecule has 26 heavy (non-hydrogen) atoms. The second kappa shape index (κ2) is 7.40. The van der Waals surface area contributed by atoms with Gasteiger partial charge in [-0.2, -0.15) is 0 Å². The number of H-pyrrole nitrogens is 1. The van der Waals surface area contributed by atoms with Gasteiger partial charge in [0.15, 0.2) is 0 Å². The molecular weight excluding hydrogens is 318 g/mol. The Bertz CT molecular complexity index is 1000. The molecule has 1 atom stereocenters. The van der Waals surface area contributed by atoms with Crippen molar-refractivity contribution in [2.75, 3.05) is 0 Å². The number of aldehydes is 1. The average molecular weight is 339 g/mol. The zero-order valence-corrected chi connectivity index (χ0v) is 14.6. The van der Waals surface area contributed by atoms with E-state index in [2.05, 4.69) is 47.4 Å². The van der Waals surface area contributed by atoms with Crippen molar-refractivity contribution in [3.8, 4) is 11.3 Å². The Labute approximate surface area is 153 Å². The maximum absolute atomic E-state index is 11.8. The predicted octanol–water partition coefficient (Wildman–Crippen LogP) is 5.44. The molecule has 0 aliphatic carbocycles. The van der Waals surface area contributed by atoms with Crippen molar-refractivity contribution in [2.24, 2.45) is 5.92 Å². The molecule has 0 aliphatic heterocycles. The van der Waals surface area contributed by atoms with Crippen LogP contribution in [-0.2, 0) is 17.6 Å². The topological polar surface area (TPSA) is 32.9 Å². The average Bonchev–Trinajstić information content (AvgIpc) is 3.07. The molecule has 1 heterocycles. The number of carbonyl (C=O) groups is 1. The number of aromatic amines is 1. The van der Waals surface area contributed by atoms with Crippen molar-refractivity contribution in [3.05, 3.63) is 96.1 Å². The summed E-state index contributed by atoms with van der Waals surface area (Å²) in [6.45, 7) is 0. The van der Waals surface area contributed by atoms with Crippen LogP contribution >= 0.6 is 0 Å². The largest absolute Gasteiger partial charge is 0.354 e. The highest BCUT2D eigenvalue weighted by Crippen LogP contribution is 2.32. The first kappa shape index (κ1) is 16.3. The third-order valence-electron chi connectivity index (χ3n) is 4.88. The number of fused-ring (bicyclic) bond motifs is 1. The summed E-state index contributed by atoms with van der Waals surface area (Å²) in [5, 5.41) is 1.20. The predicted molar refractivity (Wildman–Crippen MR) is 107 cm³/mol. The normalized spacial score (nSPS) is 12.2. The molecule has 0 aliphatic rings. The standard InChI is InChI=1S/C24H21NO/c26-17-19(15-18-9-3-1-4-10-18)16-22-21-13-7-8-14-23(21)25-24(22)20-11-5-2-6-12-20/h1-14,17,19,25H,15-16H2/t19-/m0/s1. The van der Waals surface area contributed by atoms with E-state index in [4.69, 9.17) is 0 Å². The van der Waals surface area contributed by atoms with E-state index in [1.54, 1.807) is 0 Å². The molecule has 0 bridgehead atoms. The molecule has 0 amide bonds. The number of aromatic nitrogens is 1. The van der Waals surface area contributed by atoms with E-state index in [0.29, 0.717) is 0 Å². The van der Waals surface area contributed by atoms with Gasteiger partial charge in [-0.1, -0.05) is 78.9 Å². The van der Waals surface area contributed by atoms with Gasteiger partial charge >= 0.3 is 0 Å². The fourth-order valence-corrected chi connectivity index (χ4v) is 3.61. The van der Waals surface area contributed by atoms with Crippen LogP contribution in [0.1, 0.15) is 11.1 Å². The summed E-state index contributed by atoms with van der Waals surface area (Å²) in [6.07, 6.45) is 2.59. The number of rotatable bonds is 6. The molecule has 1 aromatic heterocycles. The lowest BCUT2D eigenvalue weighted by Gasteiger charge is -2.12. The third-order valence-corrected chi connectivity index (χ3v) is 4.88. The number of nitrogens with one attached hydrogen (secondary N) is 1. The molecule has 0 unspecified atom stereocenters. The van der Waals surface area contributed by atoms with Gasteiger partial charge in [0.2, 0.25) is 0 Å². The summed E-state index contributed by atoms with van der Waals surface area (Å²) < 4.78 is 0. The number of hydrogen-bond acceptors (Lipinski definition) is 1. The maximum atomic E-state index is 11.8. The van der Waals surface area contributed by atoms with Gasteiger partial charge in [0, 0.05) is 22.5 Å². The second-order valence-electron chi connectivity index (χ2n) is 6.68. The maximum Gasteiger partial charge on any atom is 0.123 e. The molecule has 3 aromatic carbocycles. The lowest BCUT2D eigenvalue weighted by Crippen LogP contribution is -2.10. The fraction of sp³-hybridized carbons (Fsp3) is 0.125. The van der Waals surface area contributed by atoms with Crippen LogP contribution < -0.4 is 0 Å². The Balaban J connectivity index is 1.73. The highest BCUT2D eigenvalue weighted by atomic mass is 16.1. The van der Waals surface area contributed by atoms with Gasteiger partial charge in [-0.25, -0.2) is 0 Å². The van der Waals surface area contributed by atoms with Gasteiger partial charge in [-0.15, -0.1) is 0 Å². The van der Waals surface area contributed by atoms with Crippen LogP contribution in [0.3, 0.4) is 0 Å². The summed E-state index contributed by atoms with van der Waals surface area (Å²) in [5.41, 5.74) is 5.81. The van der Waals surface area contributed by atoms with E-state index in [1.807, 2.05) is 42.5 Å². The van der Waals surface area contributed by atoms with Crippen molar-refractivity contribution < 1.29 is 4.79 Å². The smallest absolute Gasteiger partial charge is 0.123 e. The SMILES string of the molecule is O=C[C@@H](Cc1ccccc1)Cc1c(-c2ccccc2)[nH]c2ccccc12. The van der Waals surface area contributed by atoms with Crippen LogP contribution in [0, 0.1) is 5.92 Å². The summed E-state index contributed by atoms with van der Waals surface area (Å²) in [7, 11) is 0. The minimum atomic E-state index is -0.0425. The Kier molecular flexibility index (Phi) is 4.65. The van der Waals surface area contributed by atoms with Gasteiger partial charge in [0.25, 0.3) is 0 Å². The molecule has 0 spiro atoms. The quantitative estimate of drug-likeness (QED) is 0.466. The summed E-state index contributed by atoms with van der Waals surface area (Å²) in [4.78, 5) is 15.4. The summed E-state index contributed by atoms with van der Waals surface area (Å²) in [6, 6.07) is 28.9. The Morgan fingerprint density at radius 3 is 2.15 bits per heavy atom. The van der Waals surface area contributed by atoms with Crippen molar-refractivity contribution in [1.82, 2.24) is 4.98 Å². The molecule has 128 valence electrons. The van der Waals surface area contributed by atoms with Gasteiger partial charge in [0.1, 0.15) is 6.29 Å². The van der Waals surface area contributed by atoms with Gasteiger partial charge in [-0.05, 0) is 35.6 Å². The molecule has 0 fully saturated rings. The van der Waals surface area contributed by atoms with Gasteiger partial charge < -0.3 is 9.78 Å². The highest BCUT2D eigenvalue weighted by Gasteiger charge is 2.18. The van der Waals surface area contributed by atoms with Gasteiger partial charge in [-0.3, -0.25) is 0 Å². The van der Waals surface area contributed by atoms with Crippen molar-refractivity contribution in [2.45, 2.75) is 12.8 Å². The summed E-state index contributed by atoms with van der Waals surface area (Å²) in [5.74, 6) is -0.0425. The van der Waals surface area contributed by atoms with Gasteiger partial charge in [0.05, 0.1) is 0 Å². The van der Waals surface area contributed by atoms with Crippen LogP contribution in [0.5, 0.6) is 0 Å². The zero-order chi connectivity index (χ0) is 17.8. The third kappa shape index (κ3) is 3.31. The number of carbonyl (C=O) groups excluding carboxylic acids is 1. The van der Waals surface area contributed by atoms with E-state index >= 15 is 0 Å². The van der Waals surface area contributed by atoms with Crippen LogP contribution in [-0.4, -0.2) is 11.3 Å². The molecule has 0 saturated carbocycles. The van der Waals surface area contributed by atoms with E-state index in [9.17, 15) is 4.79 Å². The van der Waals surface area contributed by atoms with E-state index < -0.39 is 0 Å². The molecule has 2 nitrogen and oxygen atoms in total. The lowest BCUT2D eigenvalue weighted by atomic mass is 9.91. The minimum absolute atomic E-state index is 0.0425. The first-order valence-corrected chi connectivity index (χ1v) is 8.99. The monoisotopic (exact) mass is 339 g/mol. The molecule has 2 heteroatoms. The van der Waals surface area contributed by atoms with E-state index in [-0.39, 0.29) is 5.92 Å². The van der Waals surface area contributed by atoms with Crippen molar-refractivity contribution in [1.29, 1.82) is 0 Å². The number of benzene rings is 3. The zero-order valence-electron chi connectivity index (χ0n) is 14.6. The molecule has 0 saturated heterocycles. The Hall–Kier alpha value is -3.13. The van der Waals surface area contributed by atoms with Crippen LogP contribution in [0.2, 0.25) is 0 Å². The van der Waals surface area contributed by atoms with Crippen LogP contribution in [0.25, 0.3) is 22.2 Å². The molecule has 1 N–H and O–H groups in total. The fourth-order valence-electron chi connectivity index (χ4n) is 3.61. The Morgan fingerprint density at radius 2 is 1.42 bits per heavy atom. The molecule has 4 rings (SSSR count). The molecular formula is C24H21NO. The minimum Gasteiger partial charge on any atom is -0.354 e. The first-order chi connectivity index (χ1) is 12.8. The van der Waals surface area contributed by atoms with Crippen molar-refractivity contribution >= 4 is 17.2 Å². The Morgan fingerprint density at radius 1 is 0.769 bits per heavy atom. The number of para-hydroxylation sites is 1. The van der Waals surface area contributed by atoms with E-state index in [1.165, 1.54) is 16.5 Å². The van der Waals surface area contributed by atoms with Crippen LogP contribution in [0.4, 0.5) is 0 Å². The first-order valence-electron chi connectivity index (χ1n) is 8.99. The van der Waals surface area contributed by atoms with Crippen LogP contribution in [0.15, 0.2) is 84.9 Å². The van der Waals surface area contributed by atoms with E-state index in [0.717, 1.165) is 35.9 Å². The number of hydrogen-bond donors (Lipinski definition) is 1. The van der Waals surface area contributed by atoms with Crippen molar-refractivity contribution in [3.63, 3.8) is 0 Å². The molecule has 4 aromatic rings. The summed E-state index contributed by atoms with van der Waals surface area (Å²) >= 11 is 0.